The van der Waals surface area contributed by atoms with Crippen LogP contribution in [0.5, 0.6) is 0 Å². The summed E-state index contributed by atoms with van der Waals surface area (Å²) in [6.07, 6.45) is 2.33. The molecule has 3 aromatic heterocycles. The van der Waals surface area contributed by atoms with Crippen LogP contribution in [0.25, 0.3) is 15.9 Å². The molecule has 0 saturated carbocycles. The Morgan fingerprint density at radius 3 is 2.68 bits per heavy atom. The topological polar surface area (TPSA) is 110 Å². The Morgan fingerprint density at radius 1 is 1.18 bits per heavy atom. The smallest absolute Gasteiger partial charge is 0.229 e. The quantitative estimate of drug-likeness (QED) is 0.369. The Labute approximate surface area is 201 Å². The monoisotopic (exact) mass is 498 g/mol. The van der Waals surface area contributed by atoms with E-state index in [2.05, 4.69) is 34.5 Å². The van der Waals surface area contributed by atoms with Gasteiger partial charge in [-0.15, -0.1) is 16.4 Å². The highest BCUT2D eigenvalue weighted by Gasteiger charge is 2.27. The number of hydrogen-bond acceptors (Lipinski definition) is 8. The number of sulfone groups is 1. The molecule has 1 amide bonds. The number of amides is 1. The zero-order valence-electron chi connectivity index (χ0n) is 19.1. The summed E-state index contributed by atoms with van der Waals surface area (Å²) in [7, 11) is -3.90. The van der Waals surface area contributed by atoms with E-state index >= 15 is 0 Å². The SMILES string of the molecule is CC(C)c1ccc(S(=O)(=O)c2nnn3c2nc(NCCCN2CCCC2=O)c2sccc23)cc1. The average Bonchev–Trinajstić information content (AvgIpc) is 3.56. The minimum atomic E-state index is -3.90. The fraction of sp³-hybridized carbons (Fsp3) is 0.391. The van der Waals surface area contributed by atoms with Gasteiger partial charge in [0.15, 0.2) is 5.65 Å². The normalized spacial score (nSPS) is 14.7. The lowest BCUT2D eigenvalue weighted by molar-refractivity contribution is -0.127. The van der Waals surface area contributed by atoms with E-state index in [9.17, 15) is 13.2 Å². The number of likely N-dealkylation sites (tertiary alicyclic amines) is 1. The minimum Gasteiger partial charge on any atom is -0.369 e. The van der Waals surface area contributed by atoms with E-state index in [1.807, 2.05) is 28.5 Å². The summed E-state index contributed by atoms with van der Waals surface area (Å²) in [4.78, 5) is 18.5. The zero-order chi connectivity index (χ0) is 23.9. The molecular weight excluding hydrogens is 472 g/mol. The number of aromatic nitrogens is 4. The van der Waals surface area contributed by atoms with Crippen LogP contribution >= 0.6 is 11.3 Å². The van der Waals surface area contributed by atoms with Gasteiger partial charge in [-0.2, -0.15) is 4.52 Å². The third-order valence-electron chi connectivity index (χ3n) is 6.10. The molecule has 1 aromatic carbocycles. The second kappa shape index (κ2) is 8.95. The van der Waals surface area contributed by atoms with Crippen LogP contribution in [-0.4, -0.2) is 58.7 Å². The van der Waals surface area contributed by atoms with Gasteiger partial charge in [0, 0.05) is 26.1 Å². The highest BCUT2D eigenvalue weighted by molar-refractivity contribution is 7.91. The van der Waals surface area contributed by atoms with Gasteiger partial charge < -0.3 is 10.2 Å². The summed E-state index contributed by atoms with van der Waals surface area (Å²) in [5.41, 5.74) is 2.00. The molecule has 178 valence electrons. The molecule has 0 unspecified atom stereocenters. The Hall–Kier alpha value is -3.05. The molecule has 0 atom stereocenters. The highest BCUT2D eigenvalue weighted by atomic mass is 32.2. The number of carbonyl (C=O) groups excluding carboxylic acids is 1. The van der Waals surface area contributed by atoms with Crippen LogP contribution in [0.3, 0.4) is 0 Å². The average molecular weight is 499 g/mol. The second-order valence-corrected chi connectivity index (χ2v) is 11.5. The van der Waals surface area contributed by atoms with E-state index in [-0.39, 0.29) is 21.5 Å². The number of anilines is 1. The molecule has 0 aliphatic carbocycles. The molecule has 1 aliphatic rings. The molecule has 11 heteroatoms. The highest BCUT2D eigenvalue weighted by Crippen LogP contribution is 2.31. The number of hydrogen-bond donors (Lipinski definition) is 1. The van der Waals surface area contributed by atoms with Crippen molar-refractivity contribution >= 4 is 48.8 Å². The molecule has 4 heterocycles. The molecule has 4 aromatic rings. The first kappa shape index (κ1) is 22.7. The van der Waals surface area contributed by atoms with Crippen molar-refractivity contribution in [3.63, 3.8) is 0 Å². The predicted octanol–water partition coefficient (Wildman–Crippen LogP) is 3.72. The molecule has 9 nitrogen and oxygen atoms in total. The van der Waals surface area contributed by atoms with E-state index in [0.29, 0.717) is 31.2 Å². The fourth-order valence-electron chi connectivity index (χ4n) is 4.18. The van der Waals surface area contributed by atoms with Gasteiger partial charge in [0.1, 0.15) is 5.82 Å². The van der Waals surface area contributed by atoms with Crippen molar-refractivity contribution in [1.29, 1.82) is 0 Å². The maximum absolute atomic E-state index is 13.4. The minimum absolute atomic E-state index is 0.163. The molecule has 0 bridgehead atoms. The van der Waals surface area contributed by atoms with Crippen molar-refractivity contribution < 1.29 is 13.2 Å². The van der Waals surface area contributed by atoms with Gasteiger partial charge >= 0.3 is 0 Å². The third kappa shape index (κ3) is 4.03. The molecule has 5 rings (SSSR count). The number of benzene rings is 1. The second-order valence-electron chi connectivity index (χ2n) is 8.72. The van der Waals surface area contributed by atoms with Gasteiger partial charge in [0.25, 0.3) is 0 Å². The lowest BCUT2D eigenvalue weighted by Crippen LogP contribution is -2.27. The Balaban J connectivity index is 1.45. The number of nitrogens with one attached hydrogen (secondary N) is 1. The van der Waals surface area contributed by atoms with Crippen LogP contribution in [0.4, 0.5) is 5.82 Å². The standard InChI is InChI=1S/C23H26N6O3S2/c1-15(2)16-6-8-17(9-7-16)34(31,32)23-22-25-21(20-18(10-14-33-20)29(22)27-26-23)24-11-4-13-28-12-3-5-19(28)30/h6-10,14-15H,3-5,11-13H2,1-2H3,(H,24,25). The molecular formula is C23H26N6O3S2. The van der Waals surface area contributed by atoms with Crippen molar-refractivity contribution in [3.05, 3.63) is 41.3 Å². The fourth-order valence-corrected chi connectivity index (χ4v) is 6.25. The van der Waals surface area contributed by atoms with Crippen LogP contribution in [0.1, 0.15) is 44.6 Å². The first-order chi connectivity index (χ1) is 16.4. The van der Waals surface area contributed by atoms with E-state index in [4.69, 9.17) is 0 Å². The number of rotatable bonds is 8. The summed E-state index contributed by atoms with van der Waals surface area (Å²) in [5, 5.41) is 13.2. The number of fused-ring (bicyclic) bond motifs is 3. The van der Waals surface area contributed by atoms with Gasteiger partial charge in [-0.3, -0.25) is 4.79 Å². The van der Waals surface area contributed by atoms with Crippen LogP contribution in [0.2, 0.25) is 0 Å². The van der Waals surface area contributed by atoms with E-state index in [1.165, 1.54) is 15.9 Å². The first-order valence-corrected chi connectivity index (χ1v) is 13.7. The molecule has 0 spiro atoms. The Morgan fingerprint density at radius 2 is 1.97 bits per heavy atom. The maximum Gasteiger partial charge on any atom is 0.229 e. The van der Waals surface area contributed by atoms with Crippen molar-refractivity contribution in [1.82, 2.24) is 24.7 Å². The summed E-state index contributed by atoms with van der Waals surface area (Å²) in [6, 6.07) is 8.75. The van der Waals surface area contributed by atoms with E-state index in [0.717, 1.165) is 35.2 Å². The van der Waals surface area contributed by atoms with Crippen molar-refractivity contribution in [2.45, 2.75) is 48.9 Å². The Kier molecular flexibility index (Phi) is 5.98. The van der Waals surface area contributed by atoms with Gasteiger partial charge in [0.2, 0.25) is 20.8 Å². The number of thiophene rings is 1. The van der Waals surface area contributed by atoms with E-state index in [1.54, 1.807) is 12.1 Å². The molecule has 1 saturated heterocycles. The summed E-state index contributed by atoms with van der Waals surface area (Å²) >= 11 is 1.50. The molecule has 0 radical (unpaired) electrons. The van der Waals surface area contributed by atoms with Crippen molar-refractivity contribution in [2.24, 2.45) is 0 Å². The zero-order valence-corrected chi connectivity index (χ0v) is 20.7. The molecule has 1 fully saturated rings. The van der Waals surface area contributed by atoms with Gasteiger partial charge in [-0.1, -0.05) is 31.2 Å². The summed E-state index contributed by atoms with van der Waals surface area (Å²) < 4.78 is 29.2. The number of nitrogens with zero attached hydrogens (tertiary/aromatic N) is 5. The summed E-state index contributed by atoms with van der Waals surface area (Å²) in [5.74, 6) is 1.11. The van der Waals surface area contributed by atoms with Crippen LogP contribution in [-0.2, 0) is 14.6 Å². The third-order valence-corrected chi connectivity index (χ3v) is 8.68. The van der Waals surface area contributed by atoms with Crippen LogP contribution < -0.4 is 5.32 Å². The van der Waals surface area contributed by atoms with Crippen LogP contribution in [0, 0.1) is 0 Å². The van der Waals surface area contributed by atoms with Gasteiger partial charge in [0.05, 0.1) is 15.1 Å². The van der Waals surface area contributed by atoms with Crippen molar-refractivity contribution in [3.8, 4) is 0 Å². The lowest BCUT2D eigenvalue weighted by Gasteiger charge is -2.15. The molecule has 1 N–H and O–H groups in total. The lowest BCUT2D eigenvalue weighted by atomic mass is 10.0. The molecule has 1 aliphatic heterocycles. The Bertz CT molecular complexity index is 1460. The van der Waals surface area contributed by atoms with Crippen LogP contribution in [0.15, 0.2) is 45.6 Å². The van der Waals surface area contributed by atoms with Gasteiger partial charge in [-0.25, -0.2) is 13.4 Å². The number of carbonyl (C=O) groups is 1. The largest absolute Gasteiger partial charge is 0.369 e. The first-order valence-electron chi connectivity index (χ1n) is 11.4. The summed E-state index contributed by atoms with van der Waals surface area (Å²) in [6.45, 7) is 6.25. The predicted molar refractivity (Wildman–Crippen MR) is 131 cm³/mol. The van der Waals surface area contributed by atoms with E-state index < -0.39 is 9.84 Å². The molecule has 34 heavy (non-hydrogen) atoms. The van der Waals surface area contributed by atoms with Gasteiger partial charge in [-0.05, 0) is 47.9 Å². The van der Waals surface area contributed by atoms with Crippen molar-refractivity contribution in [2.75, 3.05) is 25.0 Å². The maximum atomic E-state index is 13.4.